The largest absolute Gasteiger partial charge is 0.497 e. The summed E-state index contributed by atoms with van der Waals surface area (Å²) in [6.07, 6.45) is 2.13. The lowest BCUT2D eigenvalue weighted by molar-refractivity contribution is -0.151. The topological polar surface area (TPSA) is 84.7 Å². The van der Waals surface area contributed by atoms with Crippen LogP contribution in [0.3, 0.4) is 0 Å². The number of aliphatic carboxylic acids is 1. The summed E-state index contributed by atoms with van der Waals surface area (Å²) in [7, 11) is 1.62. The van der Waals surface area contributed by atoms with Crippen LogP contribution in [0, 0.1) is 0 Å². The molecule has 7 nitrogen and oxygen atoms in total. The first-order chi connectivity index (χ1) is 14.5. The number of benzene rings is 2. The highest BCUT2D eigenvalue weighted by Gasteiger charge is 2.36. The standard InChI is InChI=1S/C23H23N3O4/c1-30-18-9-7-17(8-10-18)13-25-15-24-19-14-26(21(23(28)29)12-20(19)25)22(27)11-16-5-3-2-4-6-16/h2-10,15,21H,11-14H2,1H3,(H,28,29). The molecule has 3 aromatic rings. The van der Waals surface area contributed by atoms with Gasteiger partial charge in [-0.15, -0.1) is 0 Å². The number of hydrogen-bond acceptors (Lipinski definition) is 4. The van der Waals surface area contributed by atoms with E-state index in [-0.39, 0.29) is 25.3 Å². The van der Waals surface area contributed by atoms with Crippen molar-refractivity contribution < 1.29 is 19.4 Å². The lowest BCUT2D eigenvalue weighted by Gasteiger charge is -2.33. The van der Waals surface area contributed by atoms with E-state index in [0.29, 0.717) is 6.54 Å². The molecular weight excluding hydrogens is 382 g/mol. The Hall–Kier alpha value is -3.61. The number of hydrogen-bond donors (Lipinski definition) is 1. The molecule has 1 amide bonds. The second-order valence-electron chi connectivity index (χ2n) is 7.36. The molecule has 1 aliphatic heterocycles. The van der Waals surface area contributed by atoms with Crippen LogP contribution in [0.5, 0.6) is 5.75 Å². The number of ether oxygens (including phenoxy) is 1. The molecule has 1 atom stereocenters. The van der Waals surface area contributed by atoms with E-state index in [1.54, 1.807) is 13.4 Å². The highest BCUT2D eigenvalue weighted by molar-refractivity contribution is 5.85. The van der Waals surface area contributed by atoms with Gasteiger partial charge < -0.3 is 19.3 Å². The first-order valence-electron chi connectivity index (χ1n) is 9.77. The summed E-state index contributed by atoms with van der Waals surface area (Å²) in [5.74, 6) is -0.423. The fraction of sp³-hybridized carbons (Fsp3) is 0.261. The van der Waals surface area contributed by atoms with Crippen LogP contribution in [-0.4, -0.2) is 44.6 Å². The van der Waals surface area contributed by atoms with E-state index in [1.807, 2.05) is 59.2 Å². The summed E-state index contributed by atoms with van der Waals surface area (Å²) >= 11 is 0. The van der Waals surface area contributed by atoms with Gasteiger partial charge in [0.25, 0.3) is 0 Å². The highest BCUT2D eigenvalue weighted by Crippen LogP contribution is 2.25. The molecule has 7 heteroatoms. The van der Waals surface area contributed by atoms with E-state index in [0.717, 1.165) is 28.3 Å². The van der Waals surface area contributed by atoms with E-state index in [9.17, 15) is 14.7 Å². The van der Waals surface area contributed by atoms with Crippen molar-refractivity contribution in [3.63, 3.8) is 0 Å². The second-order valence-corrected chi connectivity index (χ2v) is 7.36. The number of rotatable bonds is 6. The first kappa shape index (κ1) is 19.7. The van der Waals surface area contributed by atoms with Gasteiger partial charge in [-0.05, 0) is 23.3 Å². The van der Waals surface area contributed by atoms with Crippen LogP contribution in [-0.2, 0) is 35.5 Å². The van der Waals surface area contributed by atoms with Gasteiger partial charge in [-0.2, -0.15) is 0 Å². The van der Waals surface area contributed by atoms with Gasteiger partial charge >= 0.3 is 5.97 Å². The number of methoxy groups -OCH3 is 1. The Balaban J connectivity index is 1.55. The van der Waals surface area contributed by atoms with Crippen LogP contribution in [0.2, 0.25) is 0 Å². The first-order valence-corrected chi connectivity index (χ1v) is 9.77. The molecule has 0 saturated heterocycles. The molecule has 1 N–H and O–H groups in total. The predicted octanol–water partition coefficient (Wildman–Crippen LogP) is 2.52. The minimum atomic E-state index is -1.00. The van der Waals surface area contributed by atoms with Crippen molar-refractivity contribution in [3.05, 3.63) is 83.4 Å². The van der Waals surface area contributed by atoms with Crippen molar-refractivity contribution in [1.29, 1.82) is 0 Å². The molecule has 2 aromatic carbocycles. The van der Waals surface area contributed by atoms with Gasteiger partial charge in [0.1, 0.15) is 11.8 Å². The molecule has 0 aliphatic carbocycles. The van der Waals surface area contributed by atoms with Crippen LogP contribution in [0.15, 0.2) is 60.9 Å². The van der Waals surface area contributed by atoms with E-state index < -0.39 is 12.0 Å². The average Bonchev–Trinajstić information content (AvgIpc) is 3.15. The Bertz CT molecular complexity index is 1040. The molecule has 4 rings (SSSR count). The van der Waals surface area contributed by atoms with Gasteiger partial charge in [0.15, 0.2) is 0 Å². The maximum atomic E-state index is 12.9. The van der Waals surface area contributed by atoms with Gasteiger partial charge in [-0.25, -0.2) is 9.78 Å². The third kappa shape index (κ3) is 4.05. The number of nitrogens with zero attached hydrogens (tertiary/aromatic N) is 3. The summed E-state index contributed by atoms with van der Waals surface area (Å²) in [5.41, 5.74) is 3.54. The van der Waals surface area contributed by atoms with Crippen molar-refractivity contribution in [2.75, 3.05) is 7.11 Å². The molecule has 1 unspecified atom stereocenters. The Morgan fingerprint density at radius 3 is 2.50 bits per heavy atom. The molecule has 0 spiro atoms. The van der Waals surface area contributed by atoms with Crippen LogP contribution < -0.4 is 4.74 Å². The van der Waals surface area contributed by atoms with Crippen molar-refractivity contribution in [1.82, 2.24) is 14.5 Å². The maximum Gasteiger partial charge on any atom is 0.326 e. The number of carbonyl (C=O) groups is 2. The Kier molecular flexibility index (Phi) is 5.52. The van der Waals surface area contributed by atoms with E-state index in [2.05, 4.69) is 4.98 Å². The fourth-order valence-electron chi connectivity index (χ4n) is 3.80. The van der Waals surface area contributed by atoms with Gasteiger partial charge in [0.2, 0.25) is 5.91 Å². The maximum absolute atomic E-state index is 12.9. The van der Waals surface area contributed by atoms with Gasteiger partial charge in [0.05, 0.1) is 32.1 Å². The number of amides is 1. The number of carboxylic acids is 1. The summed E-state index contributed by atoms with van der Waals surface area (Å²) in [4.78, 5) is 30.7. The van der Waals surface area contributed by atoms with E-state index in [4.69, 9.17) is 4.74 Å². The molecule has 30 heavy (non-hydrogen) atoms. The Morgan fingerprint density at radius 2 is 1.83 bits per heavy atom. The highest BCUT2D eigenvalue weighted by atomic mass is 16.5. The van der Waals surface area contributed by atoms with Crippen LogP contribution in [0.25, 0.3) is 0 Å². The Labute approximate surface area is 174 Å². The van der Waals surface area contributed by atoms with Gasteiger partial charge in [-0.3, -0.25) is 4.79 Å². The molecular formula is C23H23N3O4. The predicted molar refractivity (Wildman–Crippen MR) is 110 cm³/mol. The minimum Gasteiger partial charge on any atom is -0.497 e. The molecule has 2 heterocycles. The van der Waals surface area contributed by atoms with Crippen molar-refractivity contribution in [2.24, 2.45) is 0 Å². The van der Waals surface area contributed by atoms with Crippen molar-refractivity contribution >= 4 is 11.9 Å². The van der Waals surface area contributed by atoms with Gasteiger partial charge in [-0.1, -0.05) is 42.5 Å². The molecule has 1 aliphatic rings. The average molecular weight is 405 g/mol. The number of carboxylic acid groups (broad SMARTS) is 1. The van der Waals surface area contributed by atoms with Gasteiger partial charge in [0, 0.05) is 18.7 Å². The number of carbonyl (C=O) groups excluding carboxylic acids is 1. The lowest BCUT2D eigenvalue weighted by atomic mass is 10.0. The molecule has 0 fully saturated rings. The zero-order chi connectivity index (χ0) is 21.1. The summed E-state index contributed by atoms with van der Waals surface area (Å²) in [6.45, 7) is 0.782. The molecule has 0 bridgehead atoms. The zero-order valence-electron chi connectivity index (χ0n) is 16.7. The SMILES string of the molecule is COc1ccc(Cn2cnc3c2CC(C(=O)O)N(C(=O)Cc2ccccc2)C3)cc1. The number of aromatic nitrogens is 2. The zero-order valence-corrected chi connectivity index (χ0v) is 16.7. The molecule has 1 aromatic heterocycles. The minimum absolute atomic E-state index is 0.173. The van der Waals surface area contributed by atoms with E-state index in [1.165, 1.54) is 4.90 Å². The normalized spacial score (nSPS) is 15.5. The third-order valence-electron chi connectivity index (χ3n) is 5.43. The lowest BCUT2D eigenvalue weighted by Crippen LogP contribution is -2.49. The molecule has 0 saturated carbocycles. The Morgan fingerprint density at radius 1 is 1.10 bits per heavy atom. The number of imidazole rings is 1. The van der Waals surface area contributed by atoms with Crippen LogP contribution >= 0.6 is 0 Å². The molecule has 0 radical (unpaired) electrons. The summed E-state index contributed by atoms with van der Waals surface area (Å²) < 4.78 is 7.15. The van der Waals surface area contributed by atoms with Crippen LogP contribution in [0.4, 0.5) is 0 Å². The smallest absolute Gasteiger partial charge is 0.326 e. The fourth-order valence-corrected chi connectivity index (χ4v) is 3.80. The molecule has 154 valence electrons. The third-order valence-corrected chi connectivity index (χ3v) is 5.43. The van der Waals surface area contributed by atoms with Crippen molar-refractivity contribution in [2.45, 2.75) is 32.0 Å². The van der Waals surface area contributed by atoms with Crippen LogP contribution in [0.1, 0.15) is 22.5 Å². The number of fused-ring (bicyclic) bond motifs is 1. The summed E-state index contributed by atoms with van der Waals surface area (Å²) in [5, 5.41) is 9.79. The second kappa shape index (κ2) is 8.41. The van der Waals surface area contributed by atoms with E-state index >= 15 is 0 Å². The monoisotopic (exact) mass is 405 g/mol. The quantitative estimate of drug-likeness (QED) is 0.681. The van der Waals surface area contributed by atoms with Crippen molar-refractivity contribution in [3.8, 4) is 5.75 Å². The summed E-state index contributed by atoms with van der Waals surface area (Å²) in [6, 6.07) is 16.2.